The molecule has 2 aliphatic rings. The molecule has 0 bridgehead atoms. The number of carbonyl (C=O) groups excluding carboxylic acids is 1. The van der Waals surface area contributed by atoms with Crippen LogP contribution in [0.2, 0.25) is 0 Å². The number of rotatable bonds is 5. The molecule has 0 saturated carbocycles. The maximum absolute atomic E-state index is 12.9. The van der Waals surface area contributed by atoms with Crippen LogP contribution in [0.4, 0.5) is 0 Å². The number of aryl methyl sites for hydroxylation is 1. The third-order valence-electron chi connectivity index (χ3n) is 5.70. The molecule has 6 nitrogen and oxygen atoms in total. The van der Waals surface area contributed by atoms with Gasteiger partial charge in [-0.25, -0.2) is 4.68 Å². The third-order valence-corrected chi connectivity index (χ3v) is 5.70. The predicted octanol–water partition coefficient (Wildman–Crippen LogP) is 1.78. The Balaban J connectivity index is 1.31. The fourth-order valence-corrected chi connectivity index (χ4v) is 4.21. The normalized spacial score (nSPS) is 18.3. The van der Waals surface area contributed by atoms with E-state index in [0.717, 1.165) is 57.3 Å². The van der Waals surface area contributed by atoms with Crippen LogP contribution in [0.3, 0.4) is 0 Å². The van der Waals surface area contributed by atoms with Gasteiger partial charge in [-0.2, -0.15) is 0 Å². The van der Waals surface area contributed by atoms with Crippen molar-refractivity contribution in [1.82, 2.24) is 19.9 Å². The fourth-order valence-electron chi connectivity index (χ4n) is 4.21. The molecule has 1 aromatic heterocycles. The van der Waals surface area contributed by atoms with Crippen molar-refractivity contribution in [2.45, 2.75) is 44.6 Å². The molecule has 6 heteroatoms. The number of fused-ring (bicyclic) bond motifs is 1. The van der Waals surface area contributed by atoms with Gasteiger partial charge in [0.1, 0.15) is 0 Å². The molecule has 1 saturated heterocycles. The van der Waals surface area contributed by atoms with Crippen LogP contribution in [0.1, 0.15) is 42.1 Å². The van der Waals surface area contributed by atoms with E-state index >= 15 is 0 Å². The Hall–Kier alpha value is -2.21. The highest BCUT2D eigenvalue weighted by molar-refractivity contribution is 5.80. The molecule has 0 spiro atoms. The van der Waals surface area contributed by atoms with Crippen LogP contribution in [0.5, 0.6) is 0 Å². The first-order valence-corrected chi connectivity index (χ1v) is 9.61. The summed E-state index contributed by atoms with van der Waals surface area (Å²) in [6, 6.07) is 8.73. The molecule has 1 aliphatic heterocycles. The standard InChI is InChI=1S/C20H26N4O2/c25-11-3-6-18-14-24(22-21-18)19-7-9-23(10-8-19)20(26)17-12-15-4-1-2-5-16(15)13-17/h1-2,4-5,14,17,19,25H,3,6-13H2. The van der Waals surface area contributed by atoms with Gasteiger partial charge >= 0.3 is 0 Å². The molecule has 1 amide bonds. The van der Waals surface area contributed by atoms with Gasteiger partial charge in [-0.1, -0.05) is 29.5 Å². The first kappa shape index (κ1) is 17.2. The van der Waals surface area contributed by atoms with Crippen LogP contribution in [-0.4, -0.2) is 50.6 Å². The summed E-state index contributed by atoms with van der Waals surface area (Å²) in [7, 11) is 0. The van der Waals surface area contributed by atoms with Crippen LogP contribution in [-0.2, 0) is 24.1 Å². The monoisotopic (exact) mass is 354 g/mol. The van der Waals surface area contributed by atoms with E-state index in [1.165, 1.54) is 11.1 Å². The number of benzene rings is 1. The Morgan fingerprint density at radius 1 is 1.15 bits per heavy atom. The Labute approximate surface area is 153 Å². The smallest absolute Gasteiger partial charge is 0.226 e. The zero-order valence-corrected chi connectivity index (χ0v) is 15.0. The number of hydrogen-bond donors (Lipinski definition) is 1. The molecule has 1 N–H and O–H groups in total. The molecule has 0 unspecified atom stereocenters. The highest BCUT2D eigenvalue weighted by Crippen LogP contribution is 2.30. The van der Waals surface area contributed by atoms with Gasteiger partial charge in [-0.3, -0.25) is 4.79 Å². The van der Waals surface area contributed by atoms with Crippen molar-refractivity contribution in [3.8, 4) is 0 Å². The van der Waals surface area contributed by atoms with Crippen LogP contribution < -0.4 is 0 Å². The van der Waals surface area contributed by atoms with Crippen molar-refractivity contribution < 1.29 is 9.90 Å². The number of aromatic nitrogens is 3. The average molecular weight is 354 g/mol. The summed E-state index contributed by atoms with van der Waals surface area (Å²) >= 11 is 0. The summed E-state index contributed by atoms with van der Waals surface area (Å²) in [5.74, 6) is 0.419. The molecular weight excluding hydrogens is 328 g/mol. The van der Waals surface area contributed by atoms with Crippen LogP contribution in [0, 0.1) is 5.92 Å². The quantitative estimate of drug-likeness (QED) is 0.888. The van der Waals surface area contributed by atoms with Gasteiger partial charge in [0.25, 0.3) is 0 Å². The first-order chi connectivity index (χ1) is 12.7. The van der Waals surface area contributed by atoms with Crippen molar-refractivity contribution >= 4 is 5.91 Å². The van der Waals surface area contributed by atoms with E-state index in [1.54, 1.807) is 0 Å². The lowest BCUT2D eigenvalue weighted by Crippen LogP contribution is -2.42. The largest absolute Gasteiger partial charge is 0.396 e. The van der Waals surface area contributed by atoms with Gasteiger partial charge in [-0.05, 0) is 49.7 Å². The molecule has 1 aliphatic carbocycles. The Morgan fingerprint density at radius 3 is 2.50 bits per heavy atom. The second-order valence-electron chi connectivity index (χ2n) is 7.45. The Bertz CT molecular complexity index is 740. The van der Waals surface area contributed by atoms with Gasteiger partial charge in [0, 0.05) is 31.8 Å². The minimum atomic E-state index is 0.111. The van der Waals surface area contributed by atoms with E-state index in [-0.39, 0.29) is 12.5 Å². The topological polar surface area (TPSA) is 71.2 Å². The highest BCUT2D eigenvalue weighted by atomic mass is 16.3. The van der Waals surface area contributed by atoms with Gasteiger partial charge < -0.3 is 10.0 Å². The van der Waals surface area contributed by atoms with Crippen molar-refractivity contribution in [3.05, 3.63) is 47.3 Å². The number of aliphatic hydroxyl groups is 1. The van der Waals surface area contributed by atoms with Crippen molar-refractivity contribution in [3.63, 3.8) is 0 Å². The van der Waals surface area contributed by atoms with Crippen molar-refractivity contribution in [1.29, 1.82) is 0 Å². The van der Waals surface area contributed by atoms with E-state index in [4.69, 9.17) is 5.11 Å². The van der Waals surface area contributed by atoms with Crippen LogP contribution in [0.25, 0.3) is 0 Å². The molecule has 2 aromatic rings. The zero-order chi connectivity index (χ0) is 17.9. The maximum atomic E-state index is 12.9. The summed E-state index contributed by atoms with van der Waals surface area (Å²) in [4.78, 5) is 14.9. The van der Waals surface area contributed by atoms with E-state index in [2.05, 4.69) is 34.6 Å². The maximum Gasteiger partial charge on any atom is 0.226 e. The fraction of sp³-hybridized carbons (Fsp3) is 0.550. The summed E-state index contributed by atoms with van der Waals surface area (Å²) in [5, 5.41) is 17.4. The van der Waals surface area contributed by atoms with E-state index in [0.29, 0.717) is 11.9 Å². The number of aliphatic hydroxyl groups excluding tert-OH is 1. The van der Waals surface area contributed by atoms with Crippen LogP contribution in [0.15, 0.2) is 30.5 Å². The van der Waals surface area contributed by atoms with E-state index in [9.17, 15) is 4.79 Å². The zero-order valence-electron chi connectivity index (χ0n) is 15.0. The molecule has 0 atom stereocenters. The van der Waals surface area contributed by atoms with E-state index in [1.807, 2.05) is 15.8 Å². The summed E-state index contributed by atoms with van der Waals surface area (Å²) in [6.07, 6.45) is 7.08. The molecule has 4 rings (SSSR count). The first-order valence-electron chi connectivity index (χ1n) is 9.61. The minimum Gasteiger partial charge on any atom is -0.396 e. The lowest BCUT2D eigenvalue weighted by molar-refractivity contribution is -0.136. The van der Waals surface area contributed by atoms with Crippen molar-refractivity contribution in [2.75, 3.05) is 19.7 Å². The molecule has 138 valence electrons. The second kappa shape index (κ2) is 7.58. The minimum absolute atomic E-state index is 0.111. The van der Waals surface area contributed by atoms with Crippen molar-refractivity contribution in [2.24, 2.45) is 5.92 Å². The van der Waals surface area contributed by atoms with Crippen LogP contribution >= 0.6 is 0 Å². The molecular formula is C20H26N4O2. The van der Waals surface area contributed by atoms with Gasteiger partial charge in [0.2, 0.25) is 5.91 Å². The summed E-state index contributed by atoms with van der Waals surface area (Å²) < 4.78 is 1.94. The summed E-state index contributed by atoms with van der Waals surface area (Å²) in [6.45, 7) is 1.77. The lowest BCUT2D eigenvalue weighted by Gasteiger charge is -2.33. The number of likely N-dealkylation sites (tertiary alicyclic amines) is 1. The number of nitrogens with zero attached hydrogens (tertiary/aromatic N) is 4. The Morgan fingerprint density at radius 2 is 1.85 bits per heavy atom. The third kappa shape index (κ3) is 3.51. The average Bonchev–Trinajstić information content (AvgIpc) is 3.33. The van der Waals surface area contributed by atoms with Gasteiger partial charge in [0.15, 0.2) is 0 Å². The predicted molar refractivity (Wildman–Crippen MR) is 97.6 cm³/mol. The lowest BCUT2D eigenvalue weighted by atomic mass is 10.00. The van der Waals surface area contributed by atoms with Gasteiger partial charge in [0.05, 0.1) is 11.7 Å². The number of hydrogen-bond acceptors (Lipinski definition) is 4. The molecule has 2 heterocycles. The van der Waals surface area contributed by atoms with E-state index < -0.39 is 0 Å². The number of amides is 1. The molecule has 26 heavy (non-hydrogen) atoms. The number of piperidine rings is 1. The molecule has 0 radical (unpaired) electrons. The molecule has 1 fully saturated rings. The second-order valence-corrected chi connectivity index (χ2v) is 7.45. The highest BCUT2D eigenvalue weighted by Gasteiger charge is 2.32. The molecule has 1 aromatic carbocycles. The summed E-state index contributed by atoms with van der Waals surface area (Å²) in [5.41, 5.74) is 3.60. The SMILES string of the molecule is O=C(C1Cc2ccccc2C1)N1CCC(n2cc(CCCO)nn2)CC1. The number of carbonyl (C=O) groups is 1. The van der Waals surface area contributed by atoms with Gasteiger partial charge in [-0.15, -0.1) is 5.10 Å². The Kier molecular flexibility index (Phi) is 5.02.